The summed E-state index contributed by atoms with van der Waals surface area (Å²) in [6.07, 6.45) is 1.41. The number of aromatic hydroxyl groups is 1. The first-order valence-electron chi connectivity index (χ1n) is 9.47. The fourth-order valence-corrected chi connectivity index (χ4v) is 3.86. The summed E-state index contributed by atoms with van der Waals surface area (Å²) in [5, 5.41) is 11.0. The Morgan fingerprint density at radius 2 is 1.45 bits per heavy atom. The minimum Gasteiger partial charge on any atom is -0.521 e. The number of aromatic nitrogens is 1. The van der Waals surface area contributed by atoms with Crippen LogP contribution in [0.5, 0.6) is 5.75 Å². The van der Waals surface area contributed by atoms with Gasteiger partial charge in [0.2, 0.25) is 0 Å². The average molecular weight is 458 g/mol. The molecule has 0 amide bonds. The van der Waals surface area contributed by atoms with Crippen LogP contribution in [-0.2, 0) is 4.65 Å². The molecule has 6 nitrogen and oxygen atoms in total. The topological polar surface area (TPSA) is 65.9 Å². The monoisotopic (exact) mass is 457 g/mol. The smallest absolute Gasteiger partial charge is 0.430 e. The van der Waals surface area contributed by atoms with Gasteiger partial charge in [0.15, 0.2) is 5.69 Å². The summed E-state index contributed by atoms with van der Waals surface area (Å²) in [6.45, 7) is -0.809. The first-order chi connectivity index (χ1) is 14.7. The van der Waals surface area contributed by atoms with Gasteiger partial charge in [-0.15, -0.1) is 0 Å². The van der Waals surface area contributed by atoms with Gasteiger partial charge in [-0.25, -0.2) is 9.78 Å². The normalized spacial score (nSPS) is 10.5. The third-order valence-electron chi connectivity index (χ3n) is 4.72. The SMILES string of the molecule is CN(C)c1ccc(B(OC(=O)c2ncccc2O)c2ccc(N(C)C)c(Cl)c2)cc1Cl. The largest absolute Gasteiger partial charge is 0.521 e. The predicted octanol–water partition coefficient (Wildman–Crippen LogP) is 3.19. The molecule has 3 aromatic rings. The molecule has 1 heterocycles. The van der Waals surface area contributed by atoms with Crippen molar-refractivity contribution in [3.05, 3.63) is 70.5 Å². The van der Waals surface area contributed by atoms with Crippen molar-refractivity contribution >= 4 is 58.4 Å². The number of benzene rings is 2. The number of rotatable bonds is 6. The third kappa shape index (κ3) is 5.06. The van der Waals surface area contributed by atoms with Gasteiger partial charge in [0, 0.05) is 34.4 Å². The molecule has 1 N–H and O–H groups in total. The summed E-state index contributed by atoms with van der Waals surface area (Å²) in [5.41, 5.74) is 2.82. The lowest BCUT2D eigenvalue weighted by Crippen LogP contribution is -2.46. The minimum atomic E-state index is -0.809. The van der Waals surface area contributed by atoms with E-state index in [1.807, 2.05) is 62.3 Å². The Kier molecular flexibility index (Phi) is 6.98. The minimum absolute atomic E-state index is 0.167. The van der Waals surface area contributed by atoms with Crippen LogP contribution in [0.3, 0.4) is 0 Å². The molecule has 0 aliphatic carbocycles. The lowest BCUT2D eigenvalue weighted by atomic mass is 9.55. The van der Waals surface area contributed by atoms with Gasteiger partial charge in [0.1, 0.15) is 5.75 Å². The highest BCUT2D eigenvalue weighted by atomic mass is 35.5. The molecule has 160 valence electrons. The summed E-state index contributed by atoms with van der Waals surface area (Å²) in [5.74, 6) is -1.02. The van der Waals surface area contributed by atoms with Gasteiger partial charge >= 0.3 is 12.9 Å². The number of carbonyl (C=O) groups excluding carboxylic acids is 1. The van der Waals surface area contributed by atoms with Crippen molar-refractivity contribution in [1.29, 1.82) is 0 Å². The van der Waals surface area contributed by atoms with E-state index in [1.54, 1.807) is 12.1 Å². The summed E-state index contributed by atoms with van der Waals surface area (Å²) in [6, 6.07) is 13.8. The molecule has 0 aliphatic rings. The number of halogens is 2. The van der Waals surface area contributed by atoms with Crippen molar-refractivity contribution in [2.24, 2.45) is 0 Å². The van der Waals surface area contributed by atoms with Crippen LogP contribution < -0.4 is 20.7 Å². The van der Waals surface area contributed by atoms with E-state index in [-0.39, 0.29) is 11.4 Å². The van der Waals surface area contributed by atoms with E-state index >= 15 is 0 Å². The van der Waals surface area contributed by atoms with E-state index in [0.29, 0.717) is 21.0 Å². The summed E-state index contributed by atoms with van der Waals surface area (Å²) < 4.78 is 5.79. The Labute approximate surface area is 192 Å². The molecule has 3 rings (SSSR count). The van der Waals surface area contributed by atoms with Crippen LogP contribution >= 0.6 is 23.2 Å². The van der Waals surface area contributed by atoms with Crippen LogP contribution in [0.1, 0.15) is 10.5 Å². The van der Waals surface area contributed by atoms with E-state index in [1.165, 1.54) is 18.3 Å². The van der Waals surface area contributed by atoms with Crippen LogP contribution in [-0.4, -0.2) is 51.2 Å². The van der Waals surface area contributed by atoms with Crippen LogP contribution in [0.25, 0.3) is 0 Å². The van der Waals surface area contributed by atoms with E-state index in [0.717, 1.165) is 11.4 Å². The van der Waals surface area contributed by atoms with E-state index in [4.69, 9.17) is 27.9 Å². The molecule has 9 heteroatoms. The molecule has 0 spiro atoms. The lowest BCUT2D eigenvalue weighted by Gasteiger charge is -2.20. The molecule has 2 aromatic carbocycles. The number of hydrogen-bond donors (Lipinski definition) is 1. The highest BCUT2D eigenvalue weighted by molar-refractivity contribution is 6.81. The maximum absolute atomic E-state index is 12.8. The van der Waals surface area contributed by atoms with Crippen molar-refractivity contribution in [3.63, 3.8) is 0 Å². The maximum atomic E-state index is 12.8. The van der Waals surface area contributed by atoms with Crippen molar-refractivity contribution in [2.75, 3.05) is 38.0 Å². The number of hydrogen-bond acceptors (Lipinski definition) is 6. The second-order valence-electron chi connectivity index (χ2n) is 7.37. The van der Waals surface area contributed by atoms with Crippen molar-refractivity contribution in [3.8, 4) is 5.75 Å². The molecule has 0 unspecified atom stereocenters. The third-order valence-corrected chi connectivity index (χ3v) is 5.32. The van der Waals surface area contributed by atoms with Gasteiger partial charge in [-0.1, -0.05) is 35.3 Å². The van der Waals surface area contributed by atoms with Gasteiger partial charge in [-0.2, -0.15) is 0 Å². The Bertz CT molecular complexity index is 1050. The molecule has 31 heavy (non-hydrogen) atoms. The summed E-state index contributed by atoms with van der Waals surface area (Å²) in [7, 11) is 7.56. The number of pyridine rings is 1. The number of nitrogens with zero attached hydrogens (tertiary/aromatic N) is 3. The summed E-state index contributed by atoms with van der Waals surface area (Å²) >= 11 is 12.9. The van der Waals surface area contributed by atoms with E-state index in [9.17, 15) is 9.90 Å². The van der Waals surface area contributed by atoms with Crippen LogP contribution in [0.2, 0.25) is 10.0 Å². The second kappa shape index (κ2) is 9.50. The molecule has 0 saturated carbocycles. The quantitative estimate of drug-likeness (QED) is 0.573. The Morgan fingerprint density at radius 3 is 1.87 bits per heavy atom. The van der Waals surface area contributed by atoms with Gasteiger partial charge in [-0.3, -0.25) is 0 Å². The highest BCUT2D eigenvalue weighted by Gasteiger charge is 2.29. The Balaban J connectivity index is 2.06. The van der Waals surface area contributed by atoms with Crippen LogP contribution in [0.4, 0.5) is 11.4 Å². The second-order valence-corrected chi connectivity index (χ2v) is 8.18. The standard InChI is InChI=1S/C22H22BCl2N3O3/c1-27(2)18-9-7-14(12-16(18)24)23(15-8-10-19(28(3)4)17(25)13-15)31-22(30)21-20(29)6-5-11-26-21/h5-13,29H,1-4H3. The predicted molar refractivity (Wildman–Crippen MR) is 128 cm³/mol. The molecule has 0 fully saturated rings. The average Bonchev–Trinajstić information content (AvgIpc) is 2.71. The van der Waals surface area contributed by atoms with Crippen LogP contribution in [0, 0.1) is 0 Å². The zero-order valence-electron chi connectivity index (χ0n) is 17.6. The Morgan fingerprint density at radius 1 is 0.935 bits per heavy atom. The first-order valence-corrected chi connectivity index (χ1v) is 10.2. The fraction of sp³-hybridized carbons (Fsp3) is 0.182. The summed E-state index contributed by atoms with van der Waals surface area (Å²) in [4.78, 5) is 20.5. The number of anilines is 2. The van der Waals surface area contributed by atoms with E-state index in [2.05, 4.69) is 4.98 Å². The van der Waals surface area contributed by atoms with Gasteiger partial charge in [-0.05, 0) is 47.3 Å². The van der Waals surface area contributed by atoms with Crippen LogP contribution in [0.15, 0.2) is 54.7 Å². The zero-order valence-corrected chi connectivity index (χ0v) is 19.1. The highest BCUT2D eigenvalue weighted by Crippen LogP contribution is 2.25. The lowest BCUT2D eigenvalue weighted by molar-refractivity contribution is 0.0729. The van der Waals surface area contributed by atoms with Crippen molar-refractivity contribution < 1.29 is 14.6 Å². The van der Waals surface area contributed by atoms with Crippen molar-refractivity contribution in [2.45, 2.75) is 0 Å². The van der Waals surface area contributed by atoms with Gasteiger partial charge in [0.05, 0.1) is 21.4 Å². The van der Waals surface area contributed by atoms with Gasteiger partial charge < -0.3 is 19.6 Å². The first kappa shape index (κ1) is 22.8. The Hall–Kier alpha value is -2.90. The molecule has 0 saturated heterocycles. The molecule has 1 aromatic heterocycles. The zero-order chi connectivity index (χ0) is 22.7. The fourth-order valence-electron chi connectivity index (χ4n) is 3.14. The molecule has 0 radical (unpaired) electrons. The molecular weight excluding hydrogens is 436 g/mol. The van der Waals surface area contributed by atoms with Gasteiger partial charge in [0.25, 0.3) is 0 Å². The maximum Gasteiger partial charge on any atom is 0.430 e. The molecule has 0 aliphatic heterocycles. The molecular formula is C22H22BCl2N3O3. The molecule has 0 atom stereocenters. The molecule has 0 bridgehead atoms. The number of carbonyl (C=O) groups is 1. The van der Waals surface area contributed by atoms with E-state index < -0.39 is 12.9 Å². The van der Waals surface area contributed by atoms with Crippen molar-refractivity contribution in [1.82, 2.24) is 4.98 Å².